The third kappa shape index (κ3) is 39.3. The van der Waals surface area contributed by atoms with Crippen molar-refractivity contribution in [1.29, 1.82) is 0 Å². The number of esters is 3. The number of ether oxygens (including phenoxy) is 3. The minimum absolute atomic E-state index is 0.310. The van der Waals surface area contributed by atoms with Gasteiger partial charge in [-0.1, -0.05) is 72.8 Å². The summed E-state index contributed by atoms with van der Waals surface area (Å²) in [6.07, 6.45) is 11.0. The number of hydrogen-bond acceptors (Lipinski definition) is 7. The average molecular weight is 485 g/mol. The molecular formula is C26H44O8. The molecule has 0 bridgehead atoms. The van der Waals surface area contributed by atoms with Gasteiger partial charge in [0.2, 0.25) is 0 Å². The maximum atomic E-state index is 10.8. The summed E-state index contributed by atoms with van der Waals surface area (Å²) in [7, 11) is 0. The van der Waals surface area contributed by atoms with Crippen LogP contribution in [0.25, 0.3) is 0 Å². The first-order valence-corrected chi connectivity index (χ1v) is 11.4. The lowest BCUT2D eigenvalue weighted by Gasteiger charge is -2.13. The van der Waals surface area contributed by atoms with Gasteiger partial charge in [-0.15, -0.1) is 0 Å². The first-order valence-electron chi connectivity index (χ1n) is 11.4. The van der Waals surface area contributed by atoms with E-state index in [9.17, 15) is 19.2 Å². The lowest BCUT2D eigenvalue weighted by Crippen LogP contribution is -2.12. The summed E-state index contributed by atoms with van der Waals surface area (Å²) in [5.41, 5.74) is 0. The monoisotopic (exact) mass is 484 g/mol. The highest BCUT2D eigenvalue weighted by atomic mass is 16.5. The van der Waals surface area contributed by atoms with E-state index in [2.05, 4.69) is 49.6 Å². The standard InChI is InChI=1S/C11H20O2.C7H12O2.C5H8O2.C3H4O2/c1-4-7-8-10(5-2)9-13-11(12)6-3;1-3-5-6-9-7(8)4-2;1-3-5(6)7-4-2;1-2-3(4)5/h6,10H,3-5,7-9H2,1-2H3;4H,2-3,5-6H2,1H3;3H,1,4H2,2H3;2H,1H2,(H,4,5). The van der Waals surface area contributed by atoms with E-state index in [1.54, 1.807) is 6.92 Å². The third-order valence-corrected chi connectivity index (χ3v) is 3.71. The second-order valence-electron chi connectivity index (χ2n) is 6.47. The third-order valence-electron chi connectivity index (χ3n) is 3.71. The molecule has 0 aliphatic carbocycles. The van der Waals surface area contributed by atoms with Gasteiger partial charge in [-0.25, -0.2) is 19.2 Å². The molecule has 0 fully saturated rings. The second kappa shape index (κ2) is 32.0. The van der Waals surface area contributed by atoms with Crippen molar-refractivity contribution in [2.75, 3.05) is 19.8 Å². The molecule has 1 N–H and O–H groups in total. The molecule has 0 aromatic rings. The van der Waals surface area contributed by atoms with Gasteiger partial charge >= 0.3 is 23.9 Å². The van der Waals surface area contributed by atoms with Crippen molar-refractivity contribution in [3.05, 3.63) is 50.6 Å². The lowest BCUT2D eigenvalue weighted by molar-refractivity contribution is -0.139. The summed E-state index contributed by atoms with van der Waals surface area (Å²) < 4.78 is 14.1. The molecule has 0 aromatic carbocycles. The fraction of sp³-hybridized carbons (Fsp3) is 0.538. The van der Waals surface area contributed by atoms with E-state index in [4.69, 9.17) is 9.84 Å². The largest absolute Gasteiger partial charge is 0.478 e. The number of carbonyl (C=O) groups is 4. The Morgan fingerprint density at radius 2 is 1.18 bits per heavy atom. The number of rotatable bonds is 14. The Labute approximate surface area is 205 Å². The van der Waals surface area contributed by atoms with Crippen molar-refractivity contribution in [2.45, 2.75) is 66.2 Å². The smallest absolute Gasteiger partial charge is 0.330 e. The summed E-state index contributed by atoms with van der Waals surface area (Å²) in [4.78, 5) is 40.4. The van der Waals surface area contributed by atoms with Gasteiger partial charge in [0.15, 0.2) is 0 Å². The van der Waals surface area contributed by atoms with Crippen molar-refractivity contribution in [3.63, 3.8) is 0 Å². The number of unbranched alkanes of at least 4 members (excludes halogenated alkanes) is 2. The van der Waals surface area contributed by atoms with Crippen LogP contribution >= 0.6 is 0 Å². The second-order valence-corrected chi connectivity index (χ2v) is 6.47. The fourth-order valence-electron chi connectivity index (χ4n) is 1.73. The summed E-state index contributed by atoms with van der Waals surface area (Å²) in [6.45, 7) is 22.4. The molecule has 0 heterocycles. The topological polar surface area (TPSA) is 116 Å². The zero-order valence-corrected chi connectivity index (χ0v) is 21.4. The number of carboxylic acid groups (broad SMARTS) is 1. The van der Waals surface area contributed by atoms with Crippen LogP contribution in [0.1, 0.15) is 66.2 Å². The summed E-state index contributed by atoms with van der Waals surface area (Å²) in [5, 5.41) is 7.60. The Bertz CT molecular complexity index is 581. The summed E-state index contributed by atoms with van der Waals surface area (Å²) in [6, 6.07) is 0. The molecule has 0 aromatic heterocycles. The Balaban J connectivity index is -0.000000188. The SMILES string of the molecule is C=CC(=O)O.C=CC(=O)OCC.C=CC(=O)OCC(CC)CCCC.C=CC(=O)OCCCC. The van der Waals surface area contributed by atoms with Crippen molar-refractivity contribution in [1.82, 2.24) is 0 Å². The van der Waals surface area contributed by atoms with Crippen LogP contribution in [0, 0.1) is 5.92 Å². The molecule has 8 heteroatoms. The Kier molecular flexibility index (Phi) is 35.9. The quantitative estimate of drug-likeness (QED) is 0.150. The van der Waals surface area contributed by atoms with Crippen LogP contribution < -0.4 is 0 Å². The van der Waals surface area contributed by atoms with Gasteiger partial charge in [0.05, 0.1) is 19.8 Å². The van der Waals surface area contributed by atoms with Crippen LogP contribution in [-0.4, -0.2) is 48.8 Å². The molecule has 1 unspecified atom stereocenters. The Morgan fingerprint density at radius 3 is 1.50 bits per heavy atom. The summed E-state index contributed by atoms with van der Waals surface area (Å²) >= 11 is 0. The number of aliphatic carboxylic acids is 1. The molecule has 0 radical (unpaired) electrons. The zero-order chi connectivity index (χ0) is 27.2. The van der Waals surface area contributed by atoms with E-state index in [-0.39, 0.29) is 17.9 Å². The Hall–Kier alpha value is -3.16. The molecule has 0 amide bonds. The zero-order valence-electron chi connectivity index (χ0n) is 21.4. The van der Waals surface area contributed by atoms with Crippen LogP contribution in [0.2, 0.25) is 0 Å². The van der Waals surface area contributed by atoms with Gasteiger partial charge in [-0.05, 0) is 25.7 Å². The lowest BCUT2D eigenvalue weighted by atomic mass is 10.0. The predicted octanol–water partition coefficient (Wildman–Crippen LogP) is 5.44. The maximum Gasteiger partial charge on any atom is 0.330 e. The highest BCUT2D eigenvalue weighted by Crippen LogP contribution is 2.12. The van der Waals surface area contributed by atoms with Crippen LogP contribution in [-0.2, 0) is 33.4 Å². The van der Waals surface area contributed by atoms with Gasteiger partial charge in [0.25, 0.3) is 0 Å². The molecule has 0 aliphatic heterocycles. The van der Waals surface area contributed by atoms with Crippen molar-refractivity contribution in [3.8, 4) is 0 Å². The molecule has 0 rings (SSSR count). The normalized spacial score (nSPS) is 9.41. The van der Waals surface area contributed by atoms with E-state index in [1.165, 1.54) is 25.0 Å². The van der Waals surface area contributed by atoms with Crippen molar-refractivity contribution >= 4 is 23.9 Å². The predicted molar refractivity (Wildman–Crippen MR) is 135 cm³/mol. The first kappa shape index (κ1) is 38.1. The van der Waals surface area contributed by atoms with Crippen molar-refractivity contribution in [2.24, 2.45) is 5.92 Å². The number of carboxylic acids is 1. The van der Waals surface area contributed by atoms with E-state index in [0.717, 1.165) is 37.8 Å². The fourth-order valence-corrected chi connectivity index (χ4v) is 1.73. The Morgan fingerprint density at radius 1 is 0.735 bits per heavy atom. The van der Waals surface area contributed by atoms with Crippen LogP contribution in [0.15, 0.2) is 50.6 Å². The van der Waals surface area contributed by atoms with Gasteiger partial charge < -0.3 is 19.3 Å². The van der Waals surface area contributed by atoms with Gasteiger partial charge in [-0.3, -0.25) is 0 Å². The molecule has 0 saturated heterocycles. The van der Waals surface area contributed by atoms with E-state index < -0.39 is 5.97 Å². The molecule has 0 saturated carbocycles. The van der Waals surface area contributed by atoms with Gasteiger partial charge in [0.1, 0.15) is 0 Å². The van der Waals surface area contributed by atoms with E-state index >= 15 is 0 Å². The molecule has 196 valence electrons. The first-order chi connectivity index (χ1) is 16.1. The summed E-state index contributed by atoms with van der Waals surface area (Å²) in [5.74, 6) is -1.46. The van der Waals surface area contributed by atoms with Gasteiger partial charge in [-0.2, -0.15) is 0 Å². The highest BCUT2D eigenvalue weighted by Gasteiger charge is 2.07. The molecule has 0 aliphatic rings. The van der Waals surface area contributed by atoms with Crippen LogP contribution in [0.5, 0.6) is 0 Å². The van der Waals surface area contributed by atoms with Gasteiger partial charge in [0, 0.05) is 24.3 Å². The molecule has 1 atom stereocenters. The molecule has 34 heavy (non-hydrogen) atoms. The average Bonchev–Trinajstić information content (AvgIpc) is 2.85. The van der Waals surface area contributed by atoms with Crippen molar-refractivity contribution < 1.29 is 38.5 Å². The van der Waals surface area contributed by atoms with E-state index in [1.807, 2.05) is 6.92 Å². The number of carbonyl (C=O) groups excluding carboxylic acids is 3. The van der Waals surface area contributed by atoms with E-state index in [0.29, 0.717) is 25.7 Å². The number of hydrogen-bond donors (Lipinski definition) is 1. The highest BCUT2D eigenvalue weighted by molar-refractivity contribution is 5.81. The minimum atomic E-state index is -0.981. The van der Waals surface area contributed by atoms with Crippen LogP contribution in [0.3, 0.4) is 0 Å². The molecule has 0 spiro atoms. The maximum absolute atomic E-state index is 10.8. The van der Waals surface area contributed by atoms with Crippen LogP contribution in [0.4, 0.5) is 0 Å². The molecule has 8 nitrogen and oxygen atoms in total. The minimum Gasteiger partial charge on any atom is -0.478 e. The molecular weight excluding hydrogens is 440 g/mol.